The second kappa shape index (κ2) is 5.81. The lowest BCUT2D eigenvalue weighted by atomic mass is 9.52. The van der Waals surface area contributed by atoms with E-state index in [2.05, 4.69) is 12.1 Å². The topological polar surface area (TPSA) is 46.6 Å². The van der Waals surface area contributed by atoms with Gasteiger partial charge >= 0.3 is 0 Å². The van der Waals surface area contributed by atoms with Gasteiger partial charge in [-0.25, -0.2) is 0 Å². The number of rotatable bonds is 1. The van der Waals surface area contributed by atoms with Crippen LogP contribution < -0.4 is 9.64 Å². The van der Waals surface area contributed by atoms with Crippen LogP contribution in [0, 0.1) is 11.8 Å². The zero-order valence-electron chi connectivity index (χ0n) is 16.3. The van der Waals surface area contributed by atoms with Crippen LogP contribution in [0.3, 0.4) is 0 Å². The third kappa shape index (κ3) is 1.90. The Kier molecular flexibility index (Phi) is 3.57. The SMILES string of the molecule is C[C@@H]1C(C=O)=C[C@H]2[C@@H](c3ccccc3O[C@@H]2C)[C@@]12C(=O)N(C)c1ccccc12. The molecular weight excluding hydrogens is 350 g/mol. The van der Waals surface area contributed by atoms with Crippen molar-refractivity contribution in [1.29, 1.82) is 0 Å². The first-order valence-electron chi connectivity index (χ1n) is 9.82. The van der Waals surface area contributed by atoms with Crippen LogP contribution in [-0.2, 0) is 15.0 Å². The van der Waals surface area contributed by atoms with E-state index < -0.39 is 5.41 Å². The molecule has 0 N–H and O–H groups in total. The Morgan fingerprint density at radius 3 is 2.57 bits per heavy atom. The molecule has 1 spiro atoms. The van der Waals surface area contributed by atoms with Crippen molar-refractivity contribution in [2.24, 2.45) is 11.8 Å². The third-order valence-electron chi connectivity index (χ3n) is 7.06. The molecule has 4 heteroatoms. The fourth-order valence-electron chi connectivity index (χ4n) is 5.76. The molecule has 0 bridgehead atoms. The van der Waals surface area contributed by atoms with Gasteiger partial charge in [0.15, 0.2) is 0 Å². The van der Waals surface area contributed by atoms with Gasteiger partial charge in [-0.05, 0) is 35.8 Å². The zero-order valence-corrected chi connectivity index (χ0v) is 16.3. The first-order valence-corrected chi connectivity index (χ1v) is 9.82. The summed E-state index contributed by atoms with van der Waals surface area (Å²) in [6.45, 7) is 4.05. The molecule has 0 unspecified atom stereocenters. The number of carbonyl (C=O) groups excluding carboxylic acids is 2. The number of ether oxygens (including phenoxy) is 1. The quantitative estimate of drug-likeness (QED) is 0.713. The smallest absolute Gasteiger partial charge is 0.238 e. The minimum atomic E-state index is -0.810. The van der Waals surface area contributed by atoms with E-state index in [1.165, 1.54) is 0 Å². The highest BCUT2D eigenvalue weighted by atomic mass is 16.5. The minimum Gasteiger partial charge on any atom is -0.490 e. The maximum atomic E-state index is 13.9. The van der Waals surface area contributed by atoms with E-state index in [0.717, 1.165) is 28.8 Å². The van der Waals surface area contributed by atoms with E-state index in [-0.39, 0.29) is 29.8 Å². The summed E-state index contributed by atoms with van der Waals surface area (Å²) >= 11 is 0. The number of nitrogens with zero attached hydrogens (tertiary/aromatic N) is 1. The molecule has 1 aliphatic carbocycles. The maximum Gasteiger partial charge on any atom is 0.238 e. The summed E-state index contributed by atoms with van der Waals surface area (Å²) in [6, 6.07) is 16.0. The van der Waals surface area contributed by atoms with Crippen LogP contribution in [0.5, 0.6) is 5.75 Å². The molecule has 0 aromatic heterocycles. The van der Waals surface area contributed by atoms with Crippen molar-refractivity contribution in [1.82, 2.24) is 0 Å². The number of likely N-dealkylation sites (N-methyl/N-ethyl adjacent to an activating group) is 1. The molecular formula is C24H23NO3. The summed E-state index contributed by atoms with van der Waals surface area (Å²) in [5, 5.41) is 0. The monoisotopic (exact) mass is 373 g/mol. The number of carbonyl (C=O) groups is 2. The maximum absolute atomic E-state index is 13.9. The van der Waals surface area contributed by atoms with Crippen molar-refractivity contribution in [3.63, 3.8) is 0 Å². The van der Waals surface area contributed by atoms with Crippen molar-refractivity contribution >= 4 is 17.9 Å². The fraction of sp³-hybridized carbons (Fsp3) is 0.333. The van der Waals surface area contributed by atoms with Gasteiger partial charge < -0.3 is 9.64 Å². The van der Waals surface area contributed by atoms with E-state index in [1.807, 2.05) is 63.4 Å². The van der Waals surface area contributed by atoms with Crippen molar-refractivity contribution in [3.8, 4) is 5.75 Å². The first kappa shape index (κ1) is 17.2. The van der Waals surface area contributed by atoms with Crippen molar-refractivity contribution < 1.29 is 14.3 Å². The summed E-state index contributed by atoms with van der Waals surface area (Å²) in [6.07, 6.45) is 2.84. The highest BCUT2D eigenvalue weighted by Gasteiger charge is 2.64. The van der Waals surface area contributed by atoms with Gasteiger partial charge in [0.05, 0.1) is 5.41 Å². The van der Waals surface area contributed by atoms with Crippen LogP contribution in [-0.4, -0.2) is 25.3 Å². The molecule has 0 saturated heterocycles. The summed E-state index contributed by atoms with van der Waals surface area (Å²) in [5.41, 5.74) is 2.88. The number of fused-ring (bicyclic) bond motifs is 6. The number of benzene rings is 2. The van der Waals surface area contributed by atoms with Crippen molar-refractivity contribution in [2.75, 3.05) is 11.9 Å². The molecule has 5 rings (SSSR count). The van der Waals surface area contributed by atoms with Gasteiger partial charge in [0.1, 0.15) is 18.1 Å². The zero-order chi connectivity index (χ0) is 19.6. The first-order chi connectivity index (χ1) is 13.5. The predicted octanol–water partition coefficient (Wildman–Crippen LogP) is 3.86. The van der Waals surface area contributed by atoms with Crippen LogP contribution in [0.1, 0.15) is 30.9 Å². The number of amides is 1. The van der Waals surface area contributed by atoms with Crippen LogP contribution >= 0.6 is 0 Å². The largest absolute Gasteiger partial charge is 0.490 e. The number of hydrogen-bond acceptors (Lipinski definition) is 3. The Morgan fingerprint density at radius 1 is 1.07 bits per heavy atom. The number of allylic oxidation sites excluding steroid dienone is 1. The van der Waals surface area contributed by atoms with Gasteiger partial charge in [-0.1, -0.05) is 49.4 Å². The van der Waals surface area contributed by atoms with Crippen LogP contribution in [0.25, 0.3) is 0 Å². The molecule has 2 aromatic carbocycles. The average Bonchev–Trinajstić information content (AvgIpc) is 2.93. The number of anilines is 1. The number of para-hydroxylation sites is 2. The predicted molar refractivity (Wildman–Crippen MR) is 108 cm³/mol. The van der Waals surface area contributed by atoms with Crippen LogP contribution in [0.15, 0.2) is 60.2 Å². The highest BCUT2D eigenvalue weighted by Crippen LogP contribution is 2.62. The van der Waals surface area contributed by atoms with E-state index >= 15 is 0 Å². The van der Waals surface area contributed by atoms with Crippen molar-refractivity contribution in [3.05, 3.63) is 71.3 Å². The lowest BCUT2D eigenvalue weighted by Gasteiger charge is -2.51. The fourth-order valence-corrected chi connectivity index (χ4v) is 5.76. The number of hydrogen-bond donors (Lipinski definition) is 0. The summed E-state index contributed by atoms with van der Waals surface area (Å²) in [7, 11) is 1.84. The molecule has 2 aliphatic heterocycles. The average molecular weight is 373 g/mol. The molecule has 28 heavy (non-hydrogen) atoms. The normalized spacial score (nSPS) is 32.9. The second-order valence-electron chi connectivity index (χ2n) is 8.17. The van der Waals surface area contributed by atoms with Gasteiger partial charge in [-0.2, -0.15) is 0 Å². The molecule has 2 aromatic rings. The molecule has 0 radical (unpaired) electrons. The minimum absolute atomic E-state index is 0.0465. The third-order valence-corrected chi connectivity index (χ3v) is 7.06. The van der Waals surface area contributed by atoms with Gasteiger partial charge in [0, 0.05) is 30.5 Å². The Bertz CT molecular complexity index is 1030. The van der Waals surface area contributed by atoms with Gasteiger partial charge in [-0.15, -0.1) is 0 Å². The summed E-state index contributed by atoms with van der Waals surface area (Å²) in [4.78, 5) is 27.7. The lowest BCUT2D eigenvalue weighted by molar-refractivity contribution is -0.127. The molecule has 0 saturated carbocycles. The van der Waals surface area contributed by atoms with Gasteiger partial charge in [0.25, 0.3) is 0 Å². The van der Waals surface area contributed by atoms with Gasteiger partial charge in [-0.3, -0.25) is 9.59 Å². The van der Waals surface area contributed by atoms with E-state index in [4.69, 9.17) is 4.74 Å². The number of aldehydes is 1. The van der Waals surface area contributed by atoms with Crippen LogP contribution in [0.4, 0.5) is 5.69 Å². The van der Waals surface area contributed by atoms with E-state index in [1.54, 1.807) is 4.90 Å². The van der Waals surface area contributed by atoms with Gasteiger partial charge in [0.2, 0.25) is 5.91 Å². The van der Waals surface area contributed by atoms with E-state index in [0.29, 0.717) is 5.57 Å². The molecule has 5 atom stereocenters. The summed E-state index contributed by atoms with van der Waals surface area (Å²) in [5.74, 6) is 0.556. The van der Waals surface area contributed by atoms with Crippen LogP contribution in [0.2, 0.25) is 0 Å². The molecule has 3 aliphatic rings. The Morgan fingerprint density at radius 2 is 1.79 bits per heavy atom. The Balaban J connectivity index is 1.88. The molecule has 1 amide bonds. The lowest BCUT2D eigenvalue weighted by Crippen LogP contribution is -2.56. The molecule has 4 nitrogen and oxygen atoms in total. The van der Waals surface area contributed by atoms with E-state index in [9.17, 15) is 9.59 Å². The molecule has 2 heterocycles. The molecule has 0 fully saturated rings. The Hall–Kier alpha value is -2.88. The summed E-state index contributed by atoms with van der Waals surface area (Å²) < 4.78 is 6.20. The Labute approximate surface area is 164 Å². The van der Waals surface area contributed by atoms with Crippen molar-refractivity contribution in [2.45, 2.75) is 31.3 Å². The highest BCUT2D eigenvalue weighted by molar-refractivity contribution is 6.10. The standard InChI is InChI=1S/C24H23NO3/c1-14-16(13-26)12-18-15(2)28-21-11-7-4-8-17(21)22(18)24(14)19-9-5-6-10-20(19)25(3)23(24)27/h4-15,18,22H,1-3H3/t14-,15-,18-,22-,24-/m1/s1. The second-order valence-corrected chi connectivity index (χ2v) is 8.17. The molecule has 142 valence electrons.